The van der Waals surface area contributed by atoms with Crippen LogP contribution in [0.15, 0.2) is 24.3 Å². The number of amides is 1. The summed E-state index contributed by atoms with van der Waals surface area (Å²) < 4.78 is 0. The number of benzene rings is 1. The van der Waals surface area contributed by atoms with Gasteiger partial charge >= 0.3 is 0 Å². The molecule has 1 unspecified atom stereocenters. The molecule has 1 amide bonds. The van der Waals surface area contributed by atoms with Crippen molar-refractivity contribution in [3.05, 3.63) is 34.9 Å². The molecule has 86 valence electrons. The highest BCUT2D eigenvalue weighted by Crippen LogP contribution is 2.15. The van der Waals surface area contributed by atoms with E-state index in [0.29, 0.717) is 16.6 Å². The first kappa shape index (κ1) is 11.4. The van der Waals surface area contributed by atoms with Crippen molar-refractivity contribution in [2.75, 3.05) is 20.1 Å². The average Bonchev–Trinajstić information content (AvgIpc) is 2.80. The van der Waals surface area contributed by atoms with E-state index in [9.17, 15) is 4.79 Å². The van der Waals surface area contributed by atoms with Crippen LogP contribution in [0.25, 0.3) is 0 Å². The van der Waals surface area contributed by atoms with Gasteiger partial charge in [-0.3, -0.25) is 4.79 Å². The van der Waals surface area contributed by atoms with E-state index in [2.05, 4.69) is 5.32 Å². The first-order chi connectivity index (χ1) is 7.68. The van der Waals surface area contributed by atoms with Crippen molar-refractivity contribution in [3.63, 3.8) is 0 Å². The Morgan fingerprint density at radius 2 is 2.38 bits per heavy atom. The Balaban J connectivity index is 2.12. The normalized spacial score (nSPS) is 19.8. The maximum absolute atomic E-state index is 12.1. The van der Waals surface area contributed by atoms with Crippen molar-refractivity contribution >= 4 is 17.5 Å². The minimum Gasteiger partial charge on any atom is -0.337 e. The molecule has 16 heavy (non-hydrogen) atoms. The molecule has 1 heterocycles. The van der Waals surface area contributed by atoms with Crippen LogP contribution in [0.5, 0.6) is 0 Å². The number of carbonyl (C=O) groups excluding carboxylic acids is 1. The summed E-state index contributed by atoms with van der Waals surface area (Å²) in [7, 11) is 1.85. The van der Waals surface area contributed by atoms with E-state index in [1.807, 2.05) is 7.05 Å². The topological polar surface area (TPSA) is 32.3 Å². The monoisotopic (exact) mass is 238 g/mol. The standard InChI is InChI=1S/C12H15ClN2O/c1-15(11-5-6-14-8-11)12(16)9-3-2-4-10(13)7-9/h2-4,7,11,14H,5-6,8H2,1H3. The van der Waals surface area contributed by atoms with Crippen molar-refractivity contribution in [2.45, 2.75) is 12.5 Å². The average molecular weight is 239 g/mol. The molecule has 1 aromatic rings. The highest BCUT2D eigenvalue weighted by Gasteiger charge is 2.23. The highest BCUT2D eigenvalue weighted by molar-refractivity contribution is 6.30. The van der Waals surface area contributed by atoms with Crippen LogP contribution in [-0.2, 0) is 0 Å². The minimum atomic E-state index is 0.0381. The van der Waals surface area contributed by atoms with Crippen LogP contribution in [0.1, 0.15) is 16.8 Å². The van der Waals surface area contributed by atoms with E-state index in [1.165, 1.54) is 0 Å². The number of nitrogens with zero attached hydrogens (tertiary/aromatic N) is 1. The number of hydrogen-bond acceptors (Lipinski definition) is 2. The largest absolute Gasteiger partial charge is 0.337 e. The zero-order valence-electron chi connectivity index (χ0n) is 9.24. The lowest BCUT2D eigenvalue weighted by Gasteiger charge is -2.23. The van der Waals surface area contributed by atoms with E-state index >= 15 is 0 Å². The lowest BCUT2D eigenvalue weighted by molar-refractivity contribution is 0.0744. The Labute approximate surface area is 100 Å². The first-order valence-electron chi connectivity index (χ1n) is 5.42. The number of carbonyl (C=O) groups is 1. The molecule has 3 nitrogen and oxygen atoms in total. The van der Waals surface area contributed by atoms with Crippen molar-refractivity contribution in [2.24, 2.45) is 0 Å². The van der Waals surface area contributed by atoms with Gasteiger partial charge in [-0.25, -0.2) is 0 Å². The molecule has 0 aliphatic carbocycles. The molecule has 4 heteroatoms. The van der Waals surface area contributed by atoms with Gasteiger partial charge in [0.2, 0.25) is 0 Å². The molecule has 0 saturated carbocycles. The van der Waals surface area contributed by atoms with E-state index in [4.69, 9.17) is 11.6 Å². The number of likely N-dealkylation sites (N-methyl/N-ethyl adjacent to an activating group) is 1. The van der Waals surface area contributed by atoms with Gasteiger partial charge in [-0.15, -0.1) is 0 Å². The predicted molar refractivity (Wildman–Crippen MR) is 64.8 cm³/mol. The van der Waals surface area contributed by atoms with Crippen molar-refractivity contribution in [1.82, 2.24) is 10.2 Å². The number of halogens is 1. The van der Waals surface area contributed by atoms with E-state index in [-0.39, 0.29) is 5.91 Å². The quantitative estimate of drug-likeness (QED) is 0.852. The van der Waals surface area contributed by atoms with Gasteiger partial charge in [0.05, 0.1) is 0 Å². The summed E-state index contributed by atoms with van der Waals surface area (Å²) in [6, 6.07) is 7.38. The second-order valence-corrected chi connectivity index (χ2v) is 4.51. The van der Waals surface area contributed by atoms with Crippen LogP contribution in [0.3, 0.4) is 0 Å². The molecular formula is C12H15ClN2O. The third-order valence-corrected chi connectivity index (χ3v) is 3.21. The number of hydrogen-bond donors (Lipinski definition) is 1. The van der Waals surface area contributed by atoms with Gasteiger partial charge in [0, 0.05) is 30.2 Å². The van der Waals surface area contributed by atoms with E-state index in [1.54, 1.807) is 29.2 Å². The molecule has 1 aliphatic heterocycles. The lowest BCUT2D eigenvalue weighted by Crippen LogP contribution is -2.38. The summed E-state index contributed by atoms with van der Waals surface area (Å²) in [5, 5.41) is 3.85. The Morgan fingerprint density at radius 3 is 3.00 bits per heavy atom. The summed E-state index contributed by atoms with van der Waals surface area (Å²) in [5.41, 5.74) is 0.655. The molecule has 0 bridgehead atoms. The van der Waals surface area contributed by atoms with Gasteiger partial charge in [0.15, 0.2) is 0 Å². The van der Waals surface area contributed by atoms with Crippen LogP contribution in [-0.4, -0.2) is 37.0 Å². The van der Waals surface area contributed by atoms with Crippen LogP contribution in [0.4, 0.5) is 0 Å². The predicted octanol–water partition coefficient (Wildman–Crippen LogP) is 1.77. The zero-order valence-corrected chi connectivity index (χ0v) is 10.00. The van der Waals surface area contributed by atoms with Crippen molar-refractivity contribution < 1.29 is 4.79 Å². The molecule has 1 aliphatic rings. The molecule has 0 spiro atoms. The fraction of sp³-hybridized carbons (Fsp3) is 0.417. The summed E-state index contributed by atoms with van der Waals surface area (Å²) >= 11 is 5.87. The van der Waals surface area contributed by atoms with Gasteiger partial charge in [0.25, 0.3) is 5.91 Å². The molecule has 1 atom stereocenters. The lowest BCUT2D eigenvalue weighted by atomic mass is 10.1. The van der Waals surface area contributed by atoms with E-state index in [0.717, 1.165) is 19.5 Å². The third-order valence-electron chi connectivity index (χ3n) is 2.97. The smallest absolute Gasteiger partial charge is 0.253 e. The molecule has 1 aromatic carbocycles. The summed E-state index contributed by atoms with van der Waals surface area (Å²) in [5.74, 6) is 0.0381. The SMILES string of the molecule is CN(C(=O)c1cccc(Cl)c1)C1CCNC1. The minimum absolute atomic E-state index is 0.0381. The molecule has 1 saturated heterocycles. The second kappa shape index (κ2) is 4.85. The van der Waals surface area contributed by atoms with Gasteiger partial charge < -0.3 is 10.2 Å². The Morgan fingerprint density at radius 1 is 1.56 bits per heavy atom. The maximum Gasteiger partial charge on any atom is 0.253 e. The Kier molecular flexibility index (Phi) is 3.46. The fourth-order valence-electron chi connectivity index (χ4n) is 1.96. The van der Waals surface area contributed by atoms with Gasteiger partial charge in [0.1, 0.15) is 0 Å². The third kappa shape index (κ3) is 2.36. The van der Waals surface area contributed by atoms with Crippen molar-refractivity contribution in [1.29, 1.82) is 0 Å². The van der Waals surface area contributed by atoms with Crippen molar-refractivity contribution in [3.8, 4) is 0 Å². The Hall–Kier alpha value is -1.06. The fourth-order valence-corrected chi connectivity index (χ4v) is 2.15. The summed E-state index contributed by atoms with van der Waals surface area (Å²) in [4.78, 5) is 13.9. The molecule has 1 N–H and O–H groups in total. The number of rotatable bonds is 2. The molecule has 0 aromatic heterocycles. The second-order valence-electron chi connectivity index (χ2n) is 4.07. The zero-order chi connectivity index (χ0) is 11.5. The Bertz CT molecular complexity index is 388. The van der Waals surface area contributed by atoms with Crippen LogP contribution in [0.2, 0.25) is 5.02 Å². The van der Waals surface area contributed by atoms with Gasteiger partial charge in [-0.2, -0.15) is 0 Å². The molecule has 0 radical (unpaired) electrons. The van der Waals surface area contributed by atoms with Gasteiger partial charge in [-0.05, 0) is 31.2 Å². The summed E-state index contributed by atoms with van der Waals surface area (Å²) in [6.07, 6.45) is 1.02. The molecular weight excluding hydrogens is 224 g/mol. The maximum atomic E-state index is 12.1. The van der Waals surface area contributed by atoms with E-state index < -0.39 is 0 Å². The highest BCUT2D eigenvalue weighted by atomic mass is 35.5. The summed E-state index contributed by atoms with van der Waals surface area (Å²) in [6.45, 7) is 1.86. The number of nitrogens with one attached hydrogen (secondary N) is 1. The van der Waals surface area contributed by atoms with Crippen LogP contribution >= 0.6 is 11.6 Å². The first-order valence-corrected chi connectivity index (χ1v) is 5.80. The van der Waals surface area contributed by atoms with Gasteiger partial charge in [-0.1, -0.05) is 17.7 Å². The molecule has 2 rings (SSSR count). The molecule has 1 fully saturated rings. The van der Waals surface area contributed by atoms with Crippen LogP contribution in [0, 0.1) is 0 Å². The van der Waals surface area contributed by atoms with Crippen LogP contribution < -0.4 is 5.32 Å².